The van der Waals surface area contributed by atoms with Gasteiger partial charge in [-0.3, -0.25) is 4.98 Å². The van der Waals surface area contributed by atoms with Crippen LogP contribution in [-0.4, -0.2) is 12.0 Å². The van der Waals surface area contributed by atoms with E-state index in [0.717, 1.165) is 11.6 Å². The summed E-state index contributed by atoms with van der Waals surface area (Å²) in [5.74, 6) is 0.545. The van der Waals surface area contributed by atoms with Gasteiger partial charge in [-0.2, -0.15) is 0 Å². The summed E-state index contributed by atoms with van der Waals surface area (Å²) < 4.78 is 35.9. The van der Waals surface area contributed by atoms with Crippen molar-refractivity contribution in [3.8, 4) is 0 Å². The average molecular weight is 253 g/mol. The molecule has 0 radical (unpaired) electrons. The first-order valence-corrected chi connectivity index (χ1v) is 4.72. The molecule has 0 fully saturated rings. The third-order valence-electron chi connectivity index (χ3n) is 1.95. The number of aromatic nitrogens is 1. The summed E-state index contributed by atoms with van der Waals surface area (Å²) in [6.45, 7) is -0.924. The second kappa shape index (κ2) is 6.96. The number of nitrogens with zero attached hydrogens (tertiary/aromatic N) is 1. The summed E-state index contributed by atoms with van der Waals surface area (Å²) in [4.78, 5) is 3.89. The van der Waals surface area contributed by atoms with Crippen molar-refractivity contribution in [1.29, 1.82) is 0 Å². The second-order valence-corrected chi connectivity index (χ2v) is 3.69. The predicted octanol–water partition coefficient (Wildman–Crippen LogP) is 0.609. The van der Waals surface area contributed by atoms with Crippen molar-refractivity contribution in [2.24, 2.45) is 0 Å². The van der Waals surface area contributed by atoms with Crippen LogP contribution in [0.15, 0.2) is 24.4 Å². The van der Waals surface area contributed by atoms with E-state index in [1.54, 1.807) is 12.3 Å². The van der Waals surface area contributed by atoms with E-state index in [4.69, 9.17) is 0 Å². The maximum atomic E-state index is 12.0. The van der Waals surface area contributed by atoms with Crippen LogP contribution in [0.4, 0.5) is 12.9 Å². The SMILES string of the molecule is CC(C)c1cncc(/C=C/[B-](F)(F)F)c1.[K+]. The van der Waals surface area contributed by atoms with Crippen LogP contribution in [0, 0.1) is 0 Å². The van der Waals surface area contributed by atoms with Gasteiger partial charge in [-0.05, 0) is 23.1 Å². The average Bonchev–Trinajstić information content (AvgIpc) is 2.14. The van der Waals surface area contributed by atoms with Crippen LogP contribution >= 0.6 is 0 Å². The molecule has 1 heterocycles. The van der Waals surface area contributed by atoms with Crippen LogP contribution in [0.3, 0.4) is 0 Å². The molecule has 16 heavy (non-hydrogen) atoms. The Bertz CT molecular complexity index is 363. The fourth-order valence-electron chi connectivity index (χ4n) is 1.10. The van der Waals surface area contributed by atoms with E-state index in [1.807, 2.05) is 13.8 Å². The Morgan fingerprint density at radius 3 is 2.38 bits per heavy atom. The molecule has 0 aliphatic rings. The van der Waals surface area contributed by atoms with E-state index in [0.29, 0.717) is 5.56 Å². The number of rotatable bonds is 3. The monoisotopic (exact) mass is 253 g/mol. The number of pyridine rings is 1. The fraction of sp³-hybridized carbons (Fsp3) is 0.300. The Hall–Kier alpha value is 0.381. The second-order valence-electron chi connectivity index (χ2n) is 3.69. The molecule has 0 aliphatic heterocycles. The van der Waals surface area contributed by atoms with E-state index in [1.165, 1.54) is 6.20 Å². The normalized spacial score (nSPS) is 11.9. The minimum absolute atomic E-state index is 0. The Kier molecular flexibility index (Phi) is 7.12. The zero-order valence-corrected chi connectivity index (χ0v) is 12.7. The van der Waals surface area contributed by atoms with Gasteiger partial charge >= 0.3 is 58.4 Å². The zero-order valence-electron chi connectivity index (χ0n) is 9.62. The van der Waals surface area contributed by atoms with Crippen LogP contribution < -0.4 is 51.4 Å². The zero-order chi connectivity index (χ0) is 11.5. The molecule has 0 bridgehead atoms. The molecule has 0 N–H and O–H groups in total. The minimum atomic E-state index is -4.87. The van der Waals surface area contributed by atoms with Gasteiger partial charge in [0.05, 0.1) is 0 Å². The topological polar surface area (TPSA) is 12.9 Å². The quantitative estimate of drug-likeness (QED) is 0.719. The molecular weight excluding hydrogens is 241 g/mol. The van der Waals surface area contributed by atoms with Crippen molar-refractivity contribution in [3.05, 3.63) is 35.6 Å². The Morgan fingerprint density at radius 2 is 1.88 bits per heavy atom. The first kappa shape index (κ1) is 16.4. The van der Waals surface area contributed by atoms with Crippen LogP contribution in [0.25, 0.3) is 6.08 Å². The summed E-state index contributed by atoms with van der Waals surface area (Å²) in [5, 5.41) is 0. The van der Waals surface area contributed by atoms with Crippen molar-refractivity contribution in [3.63, 3.8) is 0 Å². The molecule has 0 amide bonds. The van der Waals surface area contributed by atoms with Gasteiger partial charge in [-0.1, -0.05) is 19.9 Å². The number of halogens is 3. The van der Waals surface area contributed by atoms with Gasteiger partial charge in [0.25, 0.3) is 0 Å². The summed E-state index contributed by atoms with van der Waals surface area (Å²) in [6.07, 6.45) is 4.14. The molecule has 1 aromatic rings. The van der Waals surface area contributed by atoms with Crippen molar-refractivity contribution in [2.75, 3.05) is 0 Å². The third kappa shape index (κ3) is 6.20. The van der Waals surface area contributed by atoms with Gasteiger partial charge in [0.15, 0.2) is 0 Å². The van der Waals surface area contributed by atoms with E-state index in [2.05, 4.69) is 4.98 Å². The van der Waals surface area contributed by atoms with Crippen LogP contribution in [0.2, 0.25) is 0 Å². The Labute approximate surface area is 136 Å². The smallest absolute Gasteiger partial charge is 0.445 e. The molecular formula is C10H12BF3KN. The van der Waals surface area contributed by atoms with Gasteiger partial charge in [0.1, 0.15) is 0 Å². The standard InChI is InChI=1S/C10H12BF3N.K/c1-8(2)10-5-9(6-15-7-10)3-4-11(12,13)14;/h3-8H,1-2H3;/q-1;+1/b4-3+;. The number of hydrogen-bond acceptors (Lipinski definition) is 1. The van der Waals surface area contributed by atoms with E-state index >= 15 is 0 Å². The van der Waals surface area contributed by atoms with Crippen molar-refractivity contribution < 1.29 is 64.3 Å². The third-order valence-corrected chi connectivity index (χ3v) is 1.95. The van der Waals surface area contributed by atoms with Crippen molar-refractivity contribution >= 4 is 13.1 Å². The van der Waals surface area contributed by atoms with Crippen LogP contribution in [0.1, 0.15) is 30.9 Å². The molecule has 0 saturated heterocycles. The molecule has 0 aromatic carbocycles. The summed E-state index contributed by atoms with van der Waals surface area (Å²) >= 11 is 0. The maximum Gasteiger partial charge on any atom is 1.00 e. The number of hydrogen-bond donors (Lipinski definition) is 0. The summed E-state index contributed by atoms with van der Waals surface area (Å²) in [6, 6.07) is 1.72. The molecule has 1 nitrogen and oxygen atoms in total. The first-order valence-electron chi connectivity index (χ1n) is 4.72. The van der Waals surface area contributed by atoms with Crippen molar-refractivity contribution in [2.45, 2.75) is 19.8 Å². The van der Waals surface area contributed by atoms with E-state index in [-0.39, 0.29) is 63.3 Å². The maximum absolute atomic E-state index is 12.0. The summed E-state index contributed by atoms with van der Waals surface area (Å²) in [7, 11) is 0. The Morgan fingerprint density at radius 1 is 1.25 bits per heavy atom. The molecule has 0 aliphatic carbocycles. The molecule has 82 valence electrons. The molecule has 6 heteroatoms. The van der Waals surface area contributed by atoms with Crippen LogP contribution in [-0.2, 0) is 0 Å². The van der Waals surface area contributed by atoms with E-state index < -0.39 is 6.98 Å². The van der Waals surface area contributed by atoms with E-state index in [9.17, 15) is 12.9 Å². The molecule has 0 atom stereocenters. The molecule has 1 aromatic heterocycles. The van der Waals surface area contributed by atoms with Gasteiger partial charge in [0, 0.05) is 12.4 Å². The molecule has 0 spiro atoms. The van der Waals surface area contributed by atoms with Gasteiger partial charge in [0.2, 0.25) is 0 Å². The first-order chi connectivity index (χ1) is 6.88. The largest absolute Gasteiger partial charge is 1.00 e. The molecule has 0 saturated carbocycles. The molecule has 0 unspecified atom stereocenters. The Balaban J connectivity index is 0.00000225. The van der Waals surface area contributed by atoms with Gasteiger partial charge in [-0.25, -0.2) is 0 Å². The fourth-order valence-corrected chi connectivity index (χ4v) is 1.10. The molecule has 1 rings (SSSR count). The van der Waals surface area contributed by atoms with Gasteiger partial charge in [-0.15, -0.1) is 5.98 Å². The minimum Gasteiger partial charge on any atom is -0.445 e. The summed E-state index contributed by atoms with van der Waals surface area (Å²) in [5.41, 5.74) is 1.42. The van der Waals surface area contributed by atoms with Crippen molar-refractivity contribution in [1.82, 2.24) is 4.98 Å². The van der Waals surface area contributed by atoms with Gasteiger partial charge < -0.3 is 12.9 Å². The predicted molar refractivity (Wildman–Crippen MR) is 56.4 cm³/mol. The van der Waals surface area contributed by atoms with Crippen LogP contribution in [0.5, 0.6) is 0 Å².